The number of piperazine rings is 1. The normalized spacial score (nSPS) is 16.0. The van der Waals surface area contributed by atoms with Crippen molar-refractivity contribution < 1.29 is 22.7 Å². The monoisotopic (exact) mass is 406 g/mol. The van der Waals surface area contributed by atoms with E-state index in [-0.39, 0.29) is 38.7 Å². The van der Waals surface area contributed by atoms with Gasteiger partial charge in [-0.15, -0.1) is 0 Å². The Bertz CT molecular complexity index is 882. The van der Waals surface area contributed by atoms with E-state index in [0.717, 1.165) is 5.56 Å². The number of amides is 1. The molecule has 0 aliphatic carbocycles. The molecule has 7 nitrogen and oxygen atoms in total. The molecule has 0 atom stereocenters. The van der Waals surface area contributed by atoms with E-state index in [2.05, 4.69) is 0 Å². The van der Waals surface area contributed by atoms with Crippen molar-refractivity contribution in [3.8, 4) is 0 Å². The van der Waals surface area contributed by atoms with E-state index < -0.39 is 16.0 Å². The Morgan fingerprint density at radius 2 is 1.79 bits per heavy atom. The van der Waals surface area contributed by atoms with Gasteiger partial charge >= 0.3 is 5.97 Å². The molecule has 1 aliphatic rings. The predicted octanol–water partition coefficient (Wildman–Crippen LogP) is 1.81. The number of esters is 1. The number of allylic oxidation sites excluding steroid dienone is 3. The van der Waals surface area contributed by atoms with E-state index >= 15 is 0 Å². The summed E-state index contributed by atoms with van der Waals surface area (Å²) in [5.74, 6) is -0.932. The summed E-state index contributed by atoms with van der Waals surface area (Å²) in [7, 11) is -3.60. The van der Waals surface area contributed by atoms with Crippen molar-refractivity contribution in [1.29, 1.82) is 0 Å². The summed E-state index contributed by atoms with van der Waals surface area (Å²) in [5.41, 5.74) is 1.71. The maximum Gasteiger partial charge on any atom is 0.331 e. The van der Waals surface area contributed by atoms with Crippen LogP contribution in [-0.4, -0.2) is 62.3 Å². The van der Waals surface area contributed by atoms with Gasteiger partial charge in [0.15, 0.2) is 6.61 Å². The highest BCUT2D eigenvalue weighted by Gasteiger charge is 2.31. The highest BCUT2D eigenvalue weighted by Crippen LogP contribution is 2.22. The number of hydrogen-bond acceptors (Lipinski definition) is 5. The van der Waals surface area contributed by atoms with Crippen LogP contribution in [0.2, 0.25) is 0 Å². The van der Waals surface area contributed by atoms with Crippen LogP contribution in [0.4, 0.5) is 0 Å². The first kappa shape index (κ1) is 21.8. The molecule has 0 N–H and O–H groups in total. The Kier molecular flexibility index (Phi) is 7.53. The summed E-state index contributed by atoms with van der Waals surface area (Å²) >= 11 is 0. The number of rotatable bonds is 6. The lowest BCUT2D eigenvalue weighted by molar-refractivity contribution is -0.148. The molecule has 0 bridgehead atoms. The fourth-order valence-corrected chi connectivity index (χ4v) is 4.55. The average molecular weight is 407 g/mol. The number of carbonyl (C=O) groups is 2. The van der Waals surface area contributed by atoms with Gasteiger partial charge in [-0.25, -0.2) is 13.2 Å². The molecule has 28 heavy (non-hydrogen) atoms. The van der Waals surface area contributed by atoms with Gasteiger partial charge in [0.1, 0.15) is 0 Å². The van der Waals surface area contributed by atoms with Gasteiger partial charge in [0.05, 0.1) is 4.90 Å². The van der Waals surface area contributed by atoms with Crippen LogP contribution in [0.25, 0.3) is 0 Å². The quantitative estimate of drug-likeness (QED) is 0.409. The van der Waals surface area contributed by atoms with Gasteiger partial charge in [0.25, 0.3) is 5.91 Å². The number of aryl methyl sites for hydroxylation is 2. The second kappa shape index (κ2) is 9.66. The summed E-state index contributed by atoms with van der Waals surface area (Å²) in [6.07, 6.45) is 6.21. The van der Waals surface area contributed by atoms with Crippen molar-refractivity contribution in [3.05, 3.63) is 53.6 Å². The molecule has 0 radical (unpaired) electrons. The highest BCUT2D eigenvalue weighted by molar-refractivity contribution is 7.89. The summed E-state index contributed by atoms with van der Waals surface area (Å²) in [4.78, 5) is 25.5. The molecule has 2 rings (SSSR count). The standard InChI is InChI=1S/C20H26N2O5S/c1-4-5-6-7-20(24)27-15-19(23)21-10-12-22(13-11-21)28(25,26)18-9-8-16(2)14-17(18)3/h4-9,14H,10-13,15H2,1-3H3. The number of carbonyl (C=O) groups excluding carboxylic acids is 2. The number of benzene rings is 1. The van der Waals surface area contributed by atoms with Gasteiger partial charge in [-0.05, 0) is 32.4 Å². The largest absolute Gasteiger partial charge is 0.452 e. The van der Waals surface area contributed by atoms with Crippen LogP contribution in [0, 0.1) is 13.8 Å². The second-order valence-electron chi connectivity index (χ2n) is 6.55. The number of nitrogens with zero attached hydrogens (tertiary/aromatic N) is 2. The summed E-state index contributed by atoms with van der Waals surface area (Å²) in [6.45, 7) is 6.08. The van der Waals surface area contributed by atoms with Crippen molar-refractivity contribution in [2.45, 2.75) is 25.7 Å². The molecule has 1 heterocycles. The fourth-order valence-electron chi connectivity index (χ4n) is 2.92. The number of sulfonamides is 1. The van der Waals surface area contributed by atoms with Crippen molar-refractivity contribution in [2.24, 2.45) is 0 Å². The van der Waals surface area contributed by atoms with Crippen LogP contribution in [0.5, 0.6) is 0 Å². The molecule has 0 spiro atoms. The van der Waals surface area contributed by atoms with Gasteiger partial charge in [0.2, 0.25) is 10.0 Å². The molecule has 0 unspecified atom stereocenters. The molecular weight excluding hydrogens is 380 g/mol. The van der Waals surface area contributed by atoms with E-state index in [4.69, 9.17) is 4.74 Å². The van der Waals surface area contributed by atoms with E-state index in [1.54, 1.807) is 31.2 Å². The zero-order valence-corrected chi connectivity index (χ0v) is 17.2. The molecule has 1 aromatic rings. The minimum atomic E-state index is -3.60. The van der Waals surface area contributed by atoms with E-state index in [9.17, 15) is 18.0 Å². The lowest BCUT2D eigenvalue weighted by atomic mass is 10.2. The van der Waals surface area contributed by atoms with E-state index in [1.807, 2.05) is 19.9 Å². The third-order valence-electron chi connectivity index (χ3n) is 4.41. The van der Waals surface area contributed by atoms with Gasteiger partial charge in [0, 0.05) is 32.3 Å². The van der Waals surface area contributed by atoms with Crippen LogP contribution in [-0.2, 0) is 24.3 Å². The van der Waals surface area contributed by atoms with Gasteiger partial charge in [-0.1, -0.05) is 35.9 Å². The van der Waals surface area contributed by atoms with Crippen molar-refractivity contribution in [1.82, 2.24) is 9.21 Å². The highest BCUT2D eigenvalue weighted by atomic mass is 32.2. The molecule has 1 aromatic carbocycles. The van der Waals surface area contributed by atoms with Crippen LogP contribution < -0.4 is 0 Å². The topological polar surface area (TPSA) is 84.0 Å². The maximum absolute atomic E-state index is 12.9. The summed E-state index contributed by atoms with van der Waals surface area (Å²) in [5, 5.41) is 0. The van der Waals surface area contributed by atoms with Crippen molar-refractivity contribution >= 4 is 21.9 Å². The van der Waals surface area contributed by atoms with Crippen LogP contribution >= 0.6 is 0 Å². The lowest BCUT2D eigenvalue weighted by Gasteiger charge is -2.34. The molecule has 152 valence electrons. The second-order valence-corrected chi connectivity index (χ2v) is 8.45. The maximum atomic E-state index is 12.9. The van der Waals surface area contributed by atoms with Crippen LogP contribution in [0.15, 0.2) is 47.4 Å². The van der Waals surface area contributed by atoms with Gasteiger partial charge < -0.3 is 9.64 Å². The molecule has 0 aromatic heterocycles. The molecule has 0 saturated carbocycles. The summed E-state index contributed by atoms with van der Waals surface area (Å²) < 4.78 is 32.1. The van der Waals surface area contributed by atoms with Crippen LogP contribution in [0.3, 0.4) is 0 Å². The Labute approximate surface area is 166 Å². The van der Waals surface area contributed by atoms with Gasteiger partial charge in [-0.2, -0.15) is 4.31 Å². The molecule has 1 fully saturated rings. The average Bonchev–Trinajstić information content (AvgIpc) is 2.66. The third kappa shape index (κ3) is 5.53. The SMILES string of the molecule is CC=CC=CC(=O)OCC(=O)N1CCN(S(=O)(=O)c2ccc(C)cc2C)CC1. The molecule has 1 aliphatic heterocycles. The Morgan fingerprint density at radius 1 is 1.11 bits per heavy atom. The lowest BCUT2D eigenvalue weighted by Crippen LogP contribution is -2.51. The predicted molar refractivity (Wildman–Crippen MR) is 106 cm³/mol. The molecule has 1 saturated heterocycles. The fraction of sp³-hybridized carbons (Fsp3) is 0.400. The van der Waals surface area contributed by atoms with E-state index in [0.29, 0.717) is 10.5 Å². The molecule has 8 heteroatoms. The third-order valence-corrected chi connectivity index (χ3v) is 6.47. The molecular formula is C20H26N2O5S. The van der Waals surface area contributed by atoms with Crippen LogP contribution in [0.1, 0.15) is 18.1 Å². The number of ether oxygens (including phenoxy) is 1. The molecule has 1 amide bonds. The first-order valence-electron chi connectivity index (χ1n) is 9.07. The van der Waals surface area contributed by atoms with Crippen molar-refractivity contribution in [2.75, 3.05) is 32.8 Å². The van der Waals surface area contributed by atoms with Crippen molar-refractivity contribution in [3.63, 3.8) is 0 Å². The Balaban J connectivity index is 1.91. The Hall–Kier alpha value is -2.45. The van der Waals surface area contributed by atoms with E-state index in [1.165, 1.54) is 21.4 Å². The Morgan fingerprint density at radius 3 is 2.39 bits per heavy atom. The first-order chi connectivity index (χ1) is 13.3. The zero-order valence-electron chi connectivity index (χ0n) is 16.4. The minimum Gasteiger partial charge on any atom is -0.452 e. The number of hydrogen-bond donors (Lipinski definition) is 0. The first-order valence-corrected chi connectivity index (χ1v) is 10.5. The minimum absolute atomic E-state index is 0.205. The zero-order chi connectivity index (χ0) is 20.7. The van der Waals surface area contributed by atoms with Gasteiger partial charge in [-0.3, -0.25) is 4.79 Å². The smallest absolute Gasteiger partial charge is 0.331 e. The summed E-state index contributed by atoms with van der Waals surface area (Å²) in [6, 6.07) is 5.24.